The van der Waals surface area contributed by atoms with Crippen LogP contribution >= 0.6 is 0 Å². The fraction of sp³-hybridized carbons (Fsp3) is 0.625. The van der Waals surface area contributed by atoms with Crippen LogP contribution in [0.25, 0.3) is 0 Å². The van der Waals surface area contributed by atoms with Gasteiger partial charge in [0.2, 0.25) is 0 Å². The van der Waals surface area contributed by atoms with E-state index in [9.17, 15) is 4.39 Å². The smallest absolute Gasteiger partial charge is 0.189 e. The van der Waals surface area contributed by atoms with Crippen molar-refractivity contribution >= 4 is 0 Å². The summed E-state index contributed by atoms with van der Waals surface area (Å²) in [4.78, 5) is 0. The van der Waals surface area contributed by atoms with Crippen molar-refractivity contribution in [1.29, 1.82) is 0 Å². The lowest BCUT2D eigenvalue weighted by Gasteiger charge is -2.20. The molecule has 0 heterocycles. The first kappa shape index (κ1) is 15.3. The highest BCUT2D eigenvalue weighted by Crippen LogP contribution is 2.28. The van der Waals surface area contributed by atoms with E-state index in [2.05, 4.69) is 26.1 Å². The molecule has 2 rings (SSSR count). The molecular weight excluding hydrogens is 257 g/mol. The van der Waals surface area contributed by atoms with E-state index in [4.69, 9.17) is 9.47 Å². The van der Waals surface area contributed by atoms with Crippen molar-refractivity contribution in [2.75, 3.05) is 13.4 Å². The molecule has 1 N–H and O–H groups in total. The summed E-state index contributed by atoms with van der Waals surface area (Å²) >= 11 is 0. The third-order valence-corrected chi connectivity index (χ3v) is 3.11. The van der Waals surface area contributed by atoms with Crippen LogP contribution in [0.2, 0.25) is 0 Å². The molecular formula is C16H24FNO2. The molecule has 1 aliphatic carbocycles. The third-order valence-electron chi connectivity index (χ3n) is 3.11. The average Bonchev–Trinajstić information content (AvgIpc) is 3.15. The molecule has 1 fully saturated rings. The molecule has 3 nitrogen and oxygen atoms in total. The van der Waals surface area contributed by atoms with Gasteiger partial charge in [0.05, 0.1) is 6.61 Å². The maximum atomic E-state index is 13.5. The Hall–Kier alpha value is -1.13. The Kier molecular flexibility index (Phi) is 5.00. The Morgan fingerprint density at radius 3 is 2.65 bits per heavy atom. The second-order valence-electron chi connectivity index (χ2n) is 6.48. The lowest BCUT2D eigenvalue weighted by Crippen LogP contribution is -2.35. The zero-order valence-electron chi connectivity index (χ0n) is 12.5. The minimum absolute atomic E-state index is 0.000708. The zero-order valence-corrected chi connectivity index (χ0v) is 12.5. The molecule has 4 heteroatoms. The number of ether oxygens (including phenoxy) is 2. The lowest BCUT2D eigenvalue weighted by molar-refractivity contribution is 0.00979. The molecule has 0 spiro atoms. The van der Waals surface area contributed by atoms with E-state index >= 15 is 0 Å². The van der Waals surface area contributed by atoms with Gasteiger partial charge in [-0.05, 0) is 57.2 Å². The van der Waals surface area contributed by atoms with Crippen LogP contribution in [0.5, 0.6) is 5.75 Å². The van der Waals surface area contributed by atoms with E-state index in [-0.39, 0.29) is 18.1 Å². The SMILES string of the molecule is CC(C)(C)NCc1cc(F)cc(OCOCC2CC2)c1. The third kappa shape index (κ3) is 5.88. The van der Waals surface area contributed by atoms with E-state index < -0.39 is 0 Å². The summed E-state index contributed by atoms with van der Waals surface area (Å²) in [6, 6.07) is 4.76. The fourth-order valence-electron chi connectivity index (χ4n) is 1.78. The Bertz CT molecular complexity index is 439. The van der Waals surface area contributed by atoms with Gasteiger partial charge in [-0.1, -0.05) is 0 Å². The highest BCUT2D eigenvalue weighted by Gasteiger charge is 2.21. The predicted octanol–water partition coefficient (Wildman–Crippen LogP) is 3.48. The van der Waals surface area contributed by atoms with Crippen LogP contribution in [0, 0.1) is 11.7 Å². The maximum absolute atomic E-state index is 13.5. The molecule has 1 aliphatic rings. The summed E-state index contributed by atoms with van der Waals surface area (Å²) in [7, 11) is 0. The molecule has 0 aromatic heterocycles. The summed E-state index contributed by atoms with van der Waals surface area (Å²) in [6.45, 7) is 7.78. The monoisotopic (exact) mass is 281 g/mol. The van der Waals surface area contributed by atoms with Gasteiger partial charge >= 0.3 is 0 Å². The minimum atomic E-state index is -0.282. The van der Waals surface area contributed by atoms with Gasteiger partial charge in [-0.3, -0.25) is 0 Å². The van der Waals surface area contributed by atoms with Crippen LogP contribution in [0.1, 0.15) is 39.2 Å². The van der Waals surface area contributed by atoms with Crippen LogP contribution in [0.3, 0.4) is 0 Å². The molecule has 0 aliphatic heterocycles. The number of benzene rings is 1. The van der Waals surface area contributed by atoms with Crippen LogP contribution in [0.4, 0.5) is 4.39 Å². The van der Waals surface area contributed by atoms with Gasteiger partial charge in [0, 0.05) is 18.2 Å². The molecule has 112 valence electrons. The normalized spacial score (nSPS) is 15.4. The van der Waals surface area contributed by atoms with Gasteiger partial charge in [-0.25, -0.2) is 4.39 Å². The average molecular weight is 281 g/mol. The van der Waals surface area contributed by atoms with E-state index in [0.717, 1.165) is 12.2 Å². The van der Waals surface area contributed by atoms with Crippen molar-refractivity contribution in [3.63, 3.8) is 0 Å². The van der Waals surface area contributed by atoms with Crippen molar-refractivity contribution in [3.8, 4) is 5.75 Å². The number of hydrogen-bond acceptors (Lipinski definition) is 3. The summed E-state index contributed by atoms with van der Waals surface area (Å²) in [5.74, 6) is 0.944. The maximum Gasteiger partial charge on any atom is 0.189 e. The summed E-state index contributed by atoms with van der Waals surface area (Å²) in [5, 5.41) is 3.33. The number of halogens is 1. The Balaban J connectivity index is 1.82. The largest absolute Gasteiger partial charge is 0.467 e. The van der Waals surface area contributed by atoms with Crippen molar-refractivity contribution in [1.82, 2.24) is 5.32 Å². The summed E-state index contributed by atoms with van der Waals surface area (Å²) < 4.78 is 24.4. The molecule has 0 unspecified atom stereocenters. The van der Waals surface area contributed by atoms with Crippen LogP contribution in [0.15, 0.2) is 18.2 Å². The Labute approximate surface area is 120 Å². The highest BCUT2D eigenvalue weighted by molar-refractivity contribution is 5.29. The summed E-state index contributed by atoms with van der Waals surface area (Å²) in [5.41, 5.74) is 0.873. The van der Waals surface area contributed by atoms with E-state index in [1.807, 2.05) is 6.07 Å². The van der Waals surface area contributed by atoms with Crippen molar-refractivity contribution in [3.05, 3.63) is 29.6 Å². The molecule has 20 heavy (non-hydrogen) atoms. The topological polar surface area (TPSA) is 30.5 Å². The van der Waals surface area contributed by atoms with Gasteiger partial charge in [0.25, 0.3) is 0 Å². The van der Waals surface area contributed by atoms with Crippen LogP contribution in [-0.4, -0.2) is 18.9 Å². The molecule has 0 atom stereocenters. The Morgan fingerprint density at radius 2 is 2.00 bits per heavy atom. The minimum Gasteiger partial charge on any atom is -0.467 e. The van der Waals surface area contributed by atoms with Crippen molar-refractivity contribution < 1.29 is 13.9 Å². The summed E-state index contributed by atoms with van der Waals surface area (Å²) in [6.07, 6.45) is 2.51. The zero-order chi connectivity index (χ0) is 14.6. The first-order chi connectivity index (χ1) is 9.42. The highest BCUT2D eigenvalue weighted by atomic mass is 19.1. The number of rotatable bonds is 7. The Morgan fingerprint density at radius 1 is 1.25 bits per heavy atom. The fourth-order valence-corrected chi connectivity index (χ4v) is 1.78. The van der Waals surface area contributed by atoms with E-state index in [0.29, 0.717) is 18.2 Å². The molecule has 1 saturated carbocycles. The second-order valence-corrected chi connectivity index (χ2v) is 6.48. The van der Waals surface area contributed by atoms with Gasteiger partial charge in [-0.15, -0.1) is 0 Å². The number of hydrogen-bond donors (Lipinski definition) is 1. The molecule has 1 aromatic rings. The van der Waals surface area contributed by atoms with Gasteiger partial charge in [-0.2, -0.15) is 0 Å². The quantitative estimate of drug-likeness (QED) is 0.613. The molecule has 1 aromatic carbocycles. The van der Waals surface area contributed by atoms with E-state index in [1.165, 1.54) is 25.0 Å². The van der Waals surface area contributed by atoms with Crippen molar-refractivity contribution in [2.45, 2.75) is 45.7 Å². The van der Waals surface area contributed by atoms with E-state index in [1.54, 1.807) is 0 Å². The molecule has 0 radical (unpaired) electrons. The predicted molar refractivity (Wildman–Crippen MR) is 77.2 cm³/mol. The molecule has 0 saturated heterocycles. The lowest BCUT2D eigenvalue weighted by atomic mass is 10.1. The van der Waals surface area contributed by atoms with Crippen molar-refractivity contribution in [2.24, 2.45) is 5.92 Å². The first-order valence-electron chi connectivity index (χ1n) is 7.17. The number of nitrogens with one attached hydrogen (secondary N) is 1. The standard InChI is InChI=1S/C16H24FNO2/c1-16(2,3)18-9-13-6-14(17)8-15(7-13)20-11-19-10-12-4-5-12/h6-8,12,18H,4-5,9-11H2,1-3H3. The van der Waals surface area contributed by atoms with Crippen LogP contribution in [-0.2, 0) is 11.3 Å². The van der Waals surface area contributed by atoms with Gasteiger partial charge in [0.1, 0.15) is 11.6 Å². The van der Waals surface area contributed by atoms with Crippen LogP contribution < -0.4 is 10.1 Å². The second kappa shape index (κ2) is 6.55. The van der Waals surface area contributed by atoms with Gasteiger partial charge < -0.3 is 14.8 Å². The molecule has 0 bridgehead atoms. The molecule has 0 amide bonds. The van der Waals surface area contributed by atoms with Gasteiger partial charge in [0.15, 0.2) is 6.79 Å². The first-order valence-corrected chi connectivity index (χ1v) is 7.17.